The molecule has 33 heavy (non-hydrogen) atoms. The second-order valence-electron chi connectivity index (χ2n) is 7.21. The van der Waals surface area contributed by atoms with E-state index in [-0.39, 0.29) is 11.4 Å². The highest BCUT2D eigenvalue weighted by Gasteiger charge is 2.30. The molecule has 2 aromatic heterocycles. The molecule has 0 spiro atoms. The Morgan fingerprint density at radius 1 is 0.788 bits per heavy atom. The molecule has 4 rings (SSSR count). The lowest BCUT2D eigenvalue weighted by Crippen LogP contribution is -2.23. The number of rotatable bonds is 6. The number of benzene rings is 2. The van der Waals surface area contributed by atoms with Gasteiger partial charge in [0.2, 0.25) is 10.0 Å². The smallest absolute Gasteiger partial charge is 0.265 e. The summed E-state index contributed by atoms with van der Waals surface area (Å²) in [5, 5.41) is 0. The lowest BCUT2D eigenvalue weighted by Gasteiger charge is -2.10. The molecule has 0 unspecified atom stereocenters. The van der Waals surface area contributed by atoms with E-state index in [9.17, 15) is 21.6 Å². The standard InChI is InChI=1S/C24H18F3N3O2S/c25-24(26,27)21-3-1-2-20(15-21)18-4-6-22(7-5-18)33(31,32)30-16-17-8-13-29-23(14-17)19-9-11-28-12-10-19/h1-15,30H,16H2. The van der Waals surface area contributed by atoms with Gasteiger partial charge < -0.3 is 0 Å². The van der Waals surface area contributed by atoms with Crippen molar-refractivity contribution in [2.75, 3.05) is 0 Å². The largest absolute Gasteiger partial charge is 0.416 e. The lowest BCUT2D eigenvalue weighted by atomic mass is 10.0. The van der Waals surface area contributed by atoms with Crippen LogP contribution in [0.2, 0.25) is 0 Å². The zero-order valence-electron chi connectivity index (χ0n) is 17.1. The molecule has 0 aliphatic carbocycles. The Labute approximate surface area is 189 Å². The topological polar surface area (TPSA) is 72.0 Å². The quantitative estimate of drug-likeness (QED) is 0.416. The van der Waals surface area contributed by atoms with Gasteiger partial charge >= 0.3 is 6.18 Å². The molecule has 0 radical (unpaired) electrons. The maximum atomic E-state index is 13.0. The minimum Gasteiger partial charge on any atom is -0.265 e. The van der Waals surface area contributed by atoms with Gasteiger partial charge in [0.05, 0.1) is 16.2 Å². The maximum absolute atomic E-state index is 13.0. The minimum absolute atomic E-state index is 0.0154. The van der Waals surface area contributed by atoms with Crippen LogP contribution in [0.3, 0.4) is 0 Å². The van der Waals surface area contributed by atoms with Gasteiger partial charge in [0.15, 0.2) is 0 Å². The molecule has 168 valence electrons. The van der Waals surface area contributed by atoms with E-state index in [1.165, 1.54) is 30.3 Å². The van der Waals surface area contributed by atoms with E-state index in [0.717, 1.165) is 23.3 Å². The molecule has 0 aliphatic heterocycles. The molecule has 0 saturated carbocycles. The van der Waals surface area contributed by atoms with E-state index in [1.54, 1.807) is 36.8 Å². The average Bonchev–Trinajstić information content (AvgIpc) is 2.83. The fourth-order valence-electron chi connectivity index (χ4n) is 3.23. The Morgan fingerprint density at radius 2 is 1.52 bits per heavy atom. The van der Waals surface area contributed by atoms with Crippen LogP contribution in [-0.4, -0.2) is 18.4 Å². The Bertz CT molecular complexity index is 1360. The lowest BCUT2D eigenvalue weighted by molar-refractivity contribution is -0.137. The van der Waals surface area contributed by atoms with Crippen LogP contribution in [-0.2, 0) is 22.7 Å². The van der Waals surface area contributed by atoms with Gasteiger partial charge in [-0.3, -0.25) is 9.97 Å². The minimum atomic E-state index is -4.45. The maximum Gasteiger partial charge on any atom is 0.416 e. The number of nitrogens with zero attached hydrogens (tertiary/aromatic N) is 2. The number of pyridine rings is 2. The zero-order valence-corrected chi connectivity index (χ0v) is 17.9. The SMILES string of the molecule is O=S(=O)(NCc1ccnc(-c2ccncc2)c1)c1ccc(-c2cccc(C(F)(F)F)c2)cc1. The average molecular weight is 469 g/mol. The summed E-state index contributed by atoms with van der Waals surface area (Å²) in [6, 6.07) is 17.7. The second kappa shape index (κ2) is 9.13. The summed E-state index contributed by atoms with van der Waals surface area (Å²) in [6.07, 6.45) is 0.446. The molecule has 1 N–H and O–H groups in total. The molecule has 0 fully saturated rings. The monoisotopic (exact) mass is 469 g/mol. The van der Waals surface area contributed by atoms with Gasteiger partial charge in [-0.15, -0.1) is 0 Å². The third kappa shape index (κ3) is 5.44. The van der Waals surface area contributed by atoms with Gasteiger partial charge in [-0.1, -0.05) is 24.3 Å². The number of hydrogen-bond acceptors (Lipinski definition) is 4. The summed E-state index contributed by atoms with van der Waals surface area (Å²) in [5.41, 5.74) is 2.35. The van der Waals surface area contributed by atoms with E-state index in [1.807, 2.05) is 12.1 Å². The zero-order chi connectivity index (χ0) is 23.5. The summed E-state index contributed by atoms with van der Waals surface area (Å²) < 4.78 is 66.8. The number of halogens is 3. The Balaban J connectivity index is 1.49. The predicted octanol–water partition coefficient (Wildman–Crippen LogP) is 5.31. The highest BCUT2D eigenvalue weighted by Crippen LogP contribution is 2.32. The second-order valence-corrected chi connectivity index (χ2v) is 8.98. The molecule has 0 saturated heterocycles. The van der Waals surface area contributed by atoms with Crippen LogP contribution >= 0.6 is 0 Å². The molecule has 2 aromatic carbocycles. The Kier molecular flexibility index (Phi) is 6.26. The first-order chi connectivity index (χ1) is 15.7. The van der Waals surface area contributed by atoms with Gasteiger partial charge in [-0.25, -0.2) is 13.1 Å². The van der Waals surface area contributed by atoms with Crippen LogP contribution in [0.4, 0.5) is 13.2 Å². The molecule has 0 atom stereocenters. The van der Waals surface area contributed by atoms with Crippen molar-refractivity contribution in [3.63, 3.8) is 0 Å². The summed E-state index contributed by atoms with van der Waals surface area (Å²) in [7, 11) is -3.83. The Hall–Kier alpha value is -3.56. The van der Waals surface area contributed by atoms with E-state index < -0.39 is 21.8 Å². The van der Waals surface area contributed by atoms with Crippen LogP contribution in [0.1, 0.15) is 11.1 Å². The third-order valence-corrected chi connectivity index (χ3v) is 6.37. The molecule has 2 heterocycles. The van der Waals surface area contributed by atoms with Gasteiger partial charge in [0.1, 0.15) is 0 Å². The van der Waals surface area contributed by atoms with Gasteiger partial charge in [-0.2, -0.15) is 13.2 Å². The van der Waals surface area contributed by atoms with E-state index in [0.29, 0.717) is 16.8 Å². The fraction of sp³-hybridized carbons (Fsp3) is 0.0833. The van der Waals surface area contributed by atoms with Gasteiger partial charge in [-0.05, 0) is 65.2 Å². The molecular weight excluding hydrogens is 451 g/mol. The highest BCUT2D eigenvalue weighted by molar-refractivity contribution is 7.89. The van der Waals surface area contributed by atoms with E-state index in [2.05, 4.69) is 14.7 Å². The van der Waals surface area contributed by atoms with Gasteiger partial charge in [0.25, 0.3) is 0 Å². The van der Waals surface area contributed by atoms with E-state index >= 15 is 0 Å². The Morgan fingerprint density at radius 3 is 2.21 bits per heavy atom. The summed E-state index contributed by atoms with van der Waals surface area (Å²) in [4.78, 5) is 8.28. The number of alkyl halides is 3. The van der Waals surface area contributed by atoms with E-state index in [4.69, 9.17) is 0 Å². The van der Waals surface area contributed by atoms with Crippen molar-refractivity contribution in [2.24, 2.45) is 0 Å². The first kappa shape index (κ1) is 22.6. The summed E-state index contributed by atoms with van der Waals surface area (Å²) >= 11 is 0. The van der Waals surface area contributed by atoms with Crippen molar-refractivity contribution in [1.29, 1.82) is 0 Å². The highest BCUT2D eigenvalue weighted by atomic mass is 32.2. The number of sulfonamides is 1. The molecule has 9 heteroatoms. The number of nitrogens with one attached hydrogen (secondary N) is 1. The van der Waals surface area contributed by atoms with Crippen molar-refractivity contribution >= 4 is 10.0 Å². The fourth-order valence-corrected chi connectivity index (χ4v) is 4.25. The van der Waals surface area contributed by atoms with Crippen molar-refractivity contribution < 1.29 is 21.6 Å². The number of hydrogen-bond donors (Lipinski definition) is 1. The molecule has 5 nitrogen and oxygen atoms in total. The molecule has 0 amide bonds. The van der Waals surface area contributed by atoms with Crippen molar-refractivity contribution in [1.82, 2.24) is 14.7 Å². The van der Waals surface area contributed by atoms with Crippen molar-refractivity contribution in [3.05, 3.63) is 103 Å². The van der Waals surface area contributed by atoms with Crippen LogP contribution in [0.15, 0.2) is 96.3 Å². The van der Waals surface area contributed by atoms with Crippen LogP contribution in [0.5, 0.6) is 0 Å². The summed E-state index contributed by atoms with van der Waals surface area (Å²) in [6.45, 7) is 0.0539. The third-order valence-electron chi connectivity index (χ3n) is 4.95. The molecule has 4 aromatic rings. The molecular formula is C24H18F3N3O2S. The first-order valence-electron chi connectivity index (χ1n) is 9.85. The predicted molar refractivity (Wildman–Crippen MR) is 118 cm³/mol. The number of aromatic nitrogens is 2. The van der Waals surface area contributed by atoms with Gasteiger partial charge in [0, 0.05) is 30.7 Å². The van der Waals surface area contributed by atoms with Crippen LogP contribution < -0.4 is 4.72 Å². The first-order valence-corrected chi connectivity index (χ1v) is 11.3. The molecule has 0 bridgehead atoms. The van der Waals surface area contributed by atoms with Crippen molar-refractivity contribution in [3.8, 4) is 22.4 Å². The molecule has 0 aliphatic rings. The summed E-state index contributed by atoms with van der Waals surface area (Å²) in [5.74, 6) is 0. The van der Waals surface area contributed by atoms with Crippen molar-refractivity contribution in [2.45, 2.75) is 17.6 Å². The normalized spacial score (nSPS) is 12.0. The van der Waals surface area contributed by atoms with Crippen LogP contribution in [0, 0.1) is 0 Å². The van der Waals surface area contributed by atoms with Crippen LogP contribution in [0.25, 0.3) is 22.4 Å².